The van der Waals surface area contributed by atoms with E-state index in [1.165, 1.54) is 6.33 Å². The van der Waals surface area contributed by atoms with Crippen molar-refractivity contribution in [2.24, 2.45) is 0 Å². The maximum atomic E-state index is 5.89. The first-order chi connectivity index (χ1) is 7.75. The van der Waals surface area contributed by atoms with Crippen LogP contribution in [0.3, 0.4) is 0 Å². The van der Waals surface area contributed by atoms with Crippen LogP contribution < -0.4 is 4.74 Å². The Bertz CT molecular complexity index is 479. The number of nitrogens with zero attached hydrogens (tertiary/aromatic N) is 3. The van der Waals surface area contributed by atoms with Gasteiger partial charge in [0.1, 0.15) is 23.2 Å². The number of rotatable bonds is 3. The largest absolute Gasteiger partial charge is 0.473 e. The Hall–Kier alpha value is -1.39. The maximum Gasteiger partial charge on any atom is 0.216 e. The van der Waals surface area contributed by atoms with Gasteiger partial charge in [0.05, 0.1) is 0 Å². The SMILES string of the molecule is Clc1ccc(COc2ccncn2)c(Cl)n1. The summed E-state index contributed by atoms with van der Waals surface area (Å²) in [6.07, 6.45) is 3.01. The van der Waals surface area contributed by atoms with E-state index in [1.807, 2.05) is 0 Å². The Morgan fingerprint density at radius 3 is 2.75 bits per heavy atom. The predicted octanol–water partition coefficient (Wildman–Crippen LogP) is 2.76. The van der Waals surface area contributed by atoms with Crippen molar-refractivity contribution in [3.05, 3.63) is 46.6 Å². The van der Waals surface area contributed by atoms with Crippen LogP contribution in [0.15, 0.2) is 30.7 Å². The lowest BCUT2D eigenvalue weighted by molar-refractivity contribution is 0.293. The summed E-state index contributed by atoms with van der Waals surface area (Å²) >= 11 is 11.6. The monoisotopic (exact) mass is 255 g/mol. The quantitative estimate of drug-likeness (QED) is 0.792. The molecule has 0 atom stereocenters. The molecule has 0 unspecified atom stereocenters. The average Bonchev–Trinajstić information content (AvgIpc) is 2.29. The lowest BCUT2D eigenvalue weighted by Crippen LogP contribution is -1.99. The second-order valence-corrected chi connectivity index (χ2v) is 3.67. The Labute approximate surface area is 102 Å². The van der Waals surface area contributed by atoms with Crippen molar-refractivity contribution in [1.29, 1.82) is 0 Å². The van der Waals surface area contributed by atoms with Gasteiger partial charge in [-0.1, -0.05) is 23.2 Å². The van der Waals surface area contributed by atoms with Gasteiger partial charge in [0.2, 0.25) is 5.88 Å². The average molecular weight is 256 g/mol. The number of ether oxygens (including phenoxy) is 1. The molecule has 0 spiro atoms. The first kappa shape index (κ1) is 11.1. The van der Waals surface area contributed by atoms with Gasteiger partial charge in [-0.15, -0.1) is 0 Å². The number of pyridine rings is 1. The van der Waals surface area contributed by atoms with E-state index >= 15 is 0 Å². The number of halogens is 2. The van der Waals surface area contributed by atoms with Crippen LogP contribution in [0.5, 0.6) is 5.88 Å². The van der Waals surface area contributed by atoms with E-state index in [0.29, 0.717) is 22.8 Å². The molecule has 0 N–H and O–H groups in total. The summed E-state index contributed by atoms with van der Waals surface area (Å²) in [6.45, 7) is 0.292. The van der Waals surface area contributed by atoms with E-state index in [0.717, 1.165) is 5.56 Å². The minimum atomic E-state index is 0.292. The number of aromatic nitrogens is 3. The Morgan fingerprint density at radius 2 is 2.06 bits per heavy atom. The normalized spacial score (nSPS) is 10.1. The van der Waals surface area contributed by atoms with Gasteiger partial charge in [-0.05, 0) is 12.1 Å². The Kier molecular flexibility index (Phi) is 3.54. The Balaban J connectivity index is 2.05. The molecule has 16 heavy (non-hydrogen) atoms. The molecule has 0 aliphatic rings. The summed E-state index contributed by atoms with van der Waals surface area (Å²) < 4.78 is 5.39. The zero-order valence-electron chi connectivity index (χ0n) is 8.10. The molecular formula is C10H7Cl2N3O. The zero-order valence-corrected chi connectivity index (χ0v) is 9.61. The van der Waals surface area contributed by atoms with Crippen molar-refractivity contribution in [2.45, 2.75) is 6.61 Å². The molecule has 0 aliphatic carbocycles. The molecule has 6 heteroatoms. The molecule has 0 radical (unpaired) electrons. The molecule has 4 nitrogen and oxygen atoms in total. The molecule has 82 valence electrons. The molecule has 0 bridgehead atoms. The topological polar surface area (TPSA) is 47.9 Å². The van der Waals surface area contributed by atoms with Crippen LogP contribution in [0.2, 0.25) is 10.3 Å². The summed E-state index contributed by atoms with van der Waals surface area (Å²) in [5, 5.41) is 0.692. The fourth-order valence-corrected chi connectivity index (χ4v) is 1.46. The van der Waals surface area contributed by atoms with Gasteiger partial charge in [-0.25, -0.2) is 15.0 Å². The highest BCUT2D eigenvalue weighted by molar-refractivity contribution is 6.32. The summed E-state index contributed by atoms with van der Waals surface area (Å²) in [4.78, 5) is 11.6. The molecule has 0 fully saturated rings. The lowest BCUT2D eigenvalue weighted by atomic mass is 10.3. The van der Waals surface area contributed by atoms with E-state index in [2.05, 4.69) is 15.0 Å². The fourth-order valence-electron chi connectivity index (χ4n) is 1.06. The van der Waals surface area contributed by atoms with E-state index in [9.17, 15) is 0 Å². The molecule has 0 saturated heterocycles. The summed E-state index contributed by atoms with van der Waals surface area (Å²) in [6, 6.07) is 5.09. The second-order valence-electron chi connectivity index (χ2n) is 2.92. The maximum absolute atomic E-state index is 5.89. The molecule has 0 saturated carbocycles. The van der Waals surface area contributed by atoms with Gasteiger partial charge in [0, 0.05) is 17.8 Å². The minimum absolute atomic E-state index is 0.292. The van der Waals surface area contributed by atoms with Gasteiger partial charge in [0.15, 0.2) is 0 Å². The van der Waals surface area contributed by atoms with Crippen molar-refractivity contribution < 1.29 is 4.74 Å². The molecule has 2 aromatic rings. The van der Waals surface area contributed by atoms with Crippen LogP contribution in [0.1, 0.15) is 5.56 Å². The molecule has 0 amide bonds. The smallest absolute Gasteiger partial charge is 0.216 e. The fraction of sp³-hybridized carbons (Fsp3) is 0.100. The van der Waals surface area contributed by atoms with Gasteiger partial charge in [-0.2, -0.15) is 0 Å². The van der Waals surface area contributed by atoms with Crippen molar-refractivity contribution in [3.63, 3.8) is 0 Å². The van der Waals surface area contributed by atoms with Gasteiger partial charge < -0.3 is 4.74 Å². The molecular weight excluding hydrogens is 249 g/mol. The van der Waals surface area contributed by atoms with Crippen molar-refractivity contribution in [3.8, 4) is 5.88 Å². The van der Waals surface area contributed by atoms with Crippen LogP contribution in [-0.2, 0) is 6.61 Å². The van der Waals surface area contributed by atoms with Gasteiger partial charge in [-0.3, -0.25) is 0 Å². The third-order valence-corrected chi connectivity index (χ3v) is 2.36. The molecule has 2 heterocycles. The molecule has 0 aromatic carbocycles. The third-order valence-electron chi connectivity index (χ3n) is 1.82. The van der Waals surface area contributed by atoms with Crippen LogP contribution in [0.25, 0.3) is 0 Å². The van der Waals surface area contributed by atoms with Crippen LogP contribution in [-0.4, -0.2) is 15.0 Å². The highest BCUT2D eigenvalue weighted by atomic mass is 35.5. The van der Waals surface area contributed by atoms with E-state index in [-0.39, 0.29) is 0 Å². The summed E-state index contributed by atoms with van der Waals surface area (Å²) in [5.74, 6) is 0.487. The van der Waals surface area contributed by atoms with Crippen LogP contribution >= 0.6 is 23.2 Å². The van der Waals surface area contributed by atoms with E-state index < -0.39 is 0 Å². The summed E-state index contributed by atoms with van der Waals surface area (Å²) in [5.41, 5.74) is 0.754. The third kappa shape index (κ3) is 2.81. The molecule has 2 aromatic heterocycles. The summed E-state index contributed by atoms with van der Waals surface area (Å²) in [7, 11) is 0. The van der Waals surface area contributed by atoms with E-state index in [4.69, 9.17) is 27.9 Å². The van der Waals surface area contributed by atoms with Gasteiger partial charge in [0.25, 0.3) is 0 Å². The highest BCUT2D eigenvalue weighted by Gasteiger charge is 2.03. The minimum Gasteiger partial charge on any atom is -0.473 e. The number of hydrogen-bond acceptors (Lipinski definition) is 4. The molecule has 0 aliphatic heterocycles. The zero-order chi connectivity index (χ0) is 11.4. The first-order valence-electron chi connectivity index (χ1n) is 4.45. The number of hydrogen-bond donors (Lipinski definition) is 0. The Morgan fingerprint density at radius 1 is 1.19 bits per heavy atom. The second kappa shape index (κ2) is 5.09. The van der Waals surface area contributed by atoms with Gasteiger partial charge >= 0.3 is 0 Å². The standard InChI is InChI=1S/C10H7Cl2N3O/c11-8-2-1-7(10(12)15-8)5-16-9-3-4-13-6-14-9/h1-4,6H,5H2. The van der Waals surface area contributed by atoms with E-state index in [1.54, 1.807) is 24.4 Å². The highest BCUT2D eigenvalue weighted by Crippen LogP contribution is 2.18. The molecule has 2 rings (SSSR count). The lowest BCUT2D eigenvalue weighted by Gasteiger charge is -2.05. The van der Waals surface area contributed by atoms with Crippen molar-refractivity contribution in [2.75, 3.05) is 0 Å². The predicted molar refractivity (Wildman–Crippen MR) is 60.6 cm³/mol. The first-order valence-corrected chi connectivity index (χ1v) is 5.21. The van der Waals surface area contributed by atoms with Crippen molar-refractivity contribution in [1.82, 2.24) is 15.0 Å². The van der Waals surface area contributed by atoms with Crippen molar-refractivity contribution >= 4 is 23.2 Å². The van der Waals surface area contributed by atoms with Crippen LogP contribution in [0.4, 0.5) is 0 Å². The van der Waals surface area contributed by atoms with Crippen LogP contribution in [0, 0.1) is 0 Å².